The number of alkyl halides is 3. The minimum atomic E-state index is -4.58. The number of hydrogen-bond donors (Lipinski definition) is 3. The molecule has 0 bridgehead atoms. The molecule has 15 heavy (non-hydrogen) atoms. The molecule has 0 saturated heterocycles. The summed E-state index contributed by atoms with van der Waals surface area (Å²) in [5, 5.41) is 9.24. The van der Waals surface area contributed by atoms with E-state index >= 15 is 0 Å². The largest absolute Gasteiger partial charge is 0.508 e. The summed E-state index contributed by atoms with van der Waals surface area (Å²) in [6, 6.07) is 1.57. The summed E-state index contributed by atoms with van der Waals surface area (Å²) in [7, 11) is 0. The topological polar surface area (TPSA) is 72.3 Å². The molecule has 0 aliphatic rings. The number of halogens is 3. The third kappa shape index (κ3) is 2.60. The van der Waals surface area contributed by atoms with Crippen molar-refractivity contribution in [3.63, 3.8) is 0 Å². The molecule has 0 radical (unpaired) electrons. The molecule has 1 atom stereocenters. The maximum absolute atomic E-state index is 12.3. The van der Waals surface area contributed by atoms with E-state index in [2.05, 4.69) is 0 Å². The van der Waals surface area contributed by atoms with Gasteiger partial charge in [-0.2, -0.15) is 13.2 Å². The minimum absolute atomic E-state index is 0.0951. The Morgan fingerprint density at radius 1 is 1.33 bits per heavy atom. The standard InChI is InChI=1S/C9H11F3N2O/c10-9(11,12)8(14)6-3-5(4-13)1-2-7(6)15/h1-3,8,15H,4,13-14H2/t8-/m1/s1. The fourth-order valence-corrected chi connectivity index (χ4v) is 1.16. The van der Waals surface area contributed by atoms with Gasteiger partial charge in [-0.15, -0.1) is 0 Å². The van der Waals surface area contributed by atoms with Gasteiger partial charge in [0, 0.05) is 12.1 Å². The molecule has 5 N–H and O–H groups in total. The molecular formula is C9H11F3N2O. The smallest absolute Gasteiger partial charge is 0.407 e. The Hall–Kier alpha value is -1.27. The molecule has 0 aliphatic carbocycles. The number of benzene rings is 1. The Kier molecular flexibility index (Phi) is 3.21. The summed E-state index contributed by atoms with van der Waals surface area (Å²) in [5.41, 5.74) is 10.4. The molecule has 0 fully saturated rings. The van der Waals surface area contributed by atoms with Gasteiger partial charge in [-0.1, -0.05) is 6.07 Å². The lowest BCUT2D eigenvalue weighted by atomic mass is 10.0. The van der Waals surface area contributed by atoms with Crippen molar-refractivity contribution in [2.45, 2.75) is 18.8 Å². The highest BCUT2D eigenvalue weighted by Gasteiger charge is 2.39. The van der Waals surface area contributed by atoms with E-state index in [4.69, 9.17) is 11.5 Å². The van der Waals surface area contributed by atoms with E-state index in [9.17, 15) is 18.3 Å². The minimum Gasteiger partial charge on any atom is -0.508 e. The van der Waals surface area contributed by atoms with Crippen molar-refractivity contribution in [3.05, 3.63) is 29.3 Å². The Labute approximate surface area is 84.5 Å². The molecule has 0 heterocycles. The molecule has 0 aromatic heterocycles. The summed E-state index contributed by atoms with van der Waals surface area (Å²) in [5.74, 6) is -0.475. The summed E-state index contributed by atoms with van der Waals surface area (Å²) in [6.45, 7) is 0.0951. The van der Waals surface area contributed by atoms with Crippen LogP contribution in [0.15, 0.2) is 18.2 Å². The first-order valence-corrected chi connectivity index (χ1v) is 4.20. The molecule has 0 unspecified atom stereocenters. The van der Waals surface area contributed by atoms with Gasteiger partial charge in [0.05, 0.1) is 0 Å². The lowest BCUT2D eigenvalue weighted by Gasteiger charge is -2.17. The highest BCUT2D eigenvalue weighted by Crippen LogP contribution is 2.35. The Balaban J connectivity index is 3.12. The van der Waals surface area contributed by atoms with Gasteiger partial charge < -0.3 is 16.6 Å². The molecule has 0 aliphatic heterocycles. The number of hydrogen-bond acceptors (Lipinski definition) is 3. The molecule has 1 rings (SSSR count). The number of rotatable bonds is 2. The molecule has 6 heteroatoms. The Morgan fingerprint density at radius 2 is 1.93 bits per heavy atom. The van der Waals surface area contributed by atoms with Crippen LogP contribution in [-0.2, 0) is 6.54 Å². The number of aromatic hydroxyl groups is 1. The summed E-state index contributed by atoms with van der Waals surface area (Å²) in [6.07, 6.45) is -4.58. The van der Waals surface area contributed by atoms with E-state index in [1.54, 1.807) is 0 Å². The Morgan fingerprint density at radius 3 is 2.40 bits per heavy atom. The highest BCUT2D eigenvalue weighted by molar-refractivity contribution is 5.38. The fraction of sp³-hybridized carbons (Fsp3) is 0.333. The van der Waals surface area contributed by atoms with E-state index in [1.807, 2.05) is 0 Å². The van der Waals surface area contributed by atoms with Crippen LogP contribution in [0.5, 0.6) is 5.75 Å². The van der Waals surface area contributed by atoms with Crippen molar-refractivity contribution in [2.24, 2.45) is 11.5 Å². The van der Waals surface area contributed by atoms with Crippen molar-refractivity contribution in [1.82, 2.24) is 0 Å². The van der Waals surface area contributed by atoms with Crippen molar-refractivity contribution in [2.75, 3.05) is 0 Å². The van der Waals surface area contributed by atoms with Gasteiger partial charge in [0.15, 0.2) is 0 Å². The molecule has 3 nitrogen and oxygen atoms in total. The van der Waals surface area contributed by atoms with Gasteiger partial charge in [0.25, 0.3) is 0 Å². The molecular weight excluding hydrogens is 209 g/mol. The van der Waals surface area contributed by atoms with Crippen LogP contribution in [0.2, 0.25) is 0 Å². The second-order valence-electron chi connectivity index (χ2n) is 3.12. The first kappa shape index (κ1) is 11.8. The van der Waals surface area contributed by atoms with E-state index < -0.39 is 18.0 Å². The van der Waals surface area contributed by atoms with E-state index in [1.165, 1.54) is 6.07 Å². The summed E-state index contributed by atoms with van der Waals surface area (Å²) >= 11 is 0. The Bertz CT molecular complexity index is 352. The molecule has 84 valence electrons. The van der Waals surface area contributed by atoms with Crippen LogP contribution in [0, 0.1) is 0 Å². The van der Waals surface area contributed by atoms with Crippen LogP contribution in [0.4, 0.5) is 13.2 Å². The fourth-order valence-electron chi connectivity index (χ4n) is 1.16. The third-order valence-corrected chi connectivity index (χ3v) is 2.02. The first-order chi connectivity index (χ1) is 6.86. The molecule has 1 aromatic carbocycles. The number of nitrogens with two attached hydrogens (primary N) is 2. The molecule has 0 saturated carbocycles. The van der Waals surface area contributed by atoms with Gasteiger partial charge in [-0.05, 0) is 17.7 Å². The van der Waals surface area contributed by atoms with Crippen LogP contribution in [0.3, 0.4) is 0 Å². The average molecular weight is 220 g/mol. The van der Waals surface area contributed by atoms with E-state index in [0.717, 1.165) is 12.1 Å². The van der Waals surface area contributed by atoms with Crippen molar-refractivity contribution >= 4 is 0 Å². The van der Waals surface area contributed by atoms with Crippen molar-refractivity contribution in [1.29, 1.82) is 0 Å². The van der Waals surface area contributed by atoms with E-state index in [-0.39, 0.29) is 12.1 Å². The molecule has 1 aromatic rings. The lowest BCUT2D eigenvalue weighted by molar-refractivity contribution is -0.149. The van der Waals surface area contributed by atoms with Crippen LogP contribution in [0.1, 0.15) is 17.2 Å². The van der Waals surface area contributed by atoms with E-state index in [0.29, 0.717) is 5.56 Å². The van der Waals surface area contributed by atoms with Gasteiger partial charge in [0.2, 0.25) is 0 Å². The first-order valence-electron chi connectivity index (χ1n) is 4.20. The summed E-state index contributed by atoms with van der Waals surface area (Å²) in [4.78, 5) is 0. The highest BCUT2D eigenvalue weighted by atomic mass is 19.4. The predicted octanol–water partition coefficient (Wildman–Crippen LogP) is 1.41. The lowest BCUT2D eigenvalue weighted by Crippen LogP contribution is -2.28. The van der Waals surface area contributed by atoms with Crippen LogP contribution < -0.4 is 11.5 Å². The predicted molar refractivity (Wildman–Crippen MR) is 49.0 cm³/mol. The van der Waals surface area contributed by atoms with Crippen molar-refractivity contribution in [3.8, 4) is 5.75 Å². The van der Waals surface area contributed by atoms with Crippen LogP contribution in [-0.4, -0.2) is 11.3 Å². The average Bonchev–Trinajstić information content (AvgIpc) is 2.16. The second kappa shape index (κ2) is 4.08. The molecule has 0 amide bonds. The molecule has 0 spiro atoms. The maximum Gasteiger partial charge on any atom is 0.407 e. The zero-order chi connectivity index (χ0) is 11.6. The number of phenolic OH excluding ortho intramolecular Hbond substituents is 1. The van der Waals surface area contributed by atoms with Gasteiger partial charge in [-0.25, -0.2) is 0 Å². The van der Waals surface area contributed by atoms with Crippen LogP contribution in [0.25, 0.3) is 0 Å². The zero-order valence-corrected chi connectivity index (χ0v) is 7.75. The third-order valence-electron chi connectivity index (χ3n) is 2.02. The van der Waals surface area contributed by atoms with Gasteiger partial charge >= 0.3 is 6.18 Å². The maximum atomic E-state index is 12.3. The normalized spacial score (nSPS) is 13.9. The number of phenols is 1. The summed E-state index contributed by atoms with van der Waals surface area (Å²) < 4.78 is 36.8. The van der Waals surface area contributed by atoms with Crippen molar-refractivity contribution < 1.29 is 18.3 Å². The van der Waals surface area contributed by atoms with Gasteiger partial charge in [0.1, 0.15) is 11.8 Å². The monoisotopic (exact) mass is 220 g/mol. The second-order valence-corrected chi connectivity index (χ2v) is 3.12. The SMILES string of the molecule is NCc1ccc(O)c([C@@H](N)C(F)(F)F)c1. The zero-order valence-electron chi connectivity index (χ0n) is 7.75. The van der Waals surface area contributed by atoms with Crippen LogP contribution >= 0.6 is 0 Å². The van der Waals surface area contributed by atoms with Gasteiger partial charge in [-0.3, -0.25) is 0 Å². The quantitative estimate of drug-likeness (QED) is 0.705.